The number of hydrogen-bond acceptors (Lipinski definition) is 6. The van der Waals surface area contributed by atoms with Crippen molar-refractivity contribution in [3.63, 3.8) is 0 Å². The Morgan fingerprint density at radius 1 is 0.280 bits per heavy atom. The Morgan fingerprint density at radius 2 is 0.850 bits per heavy atom. The summed E-state index contributed by atoms with van der Waals surface area (Å²) in [4.78, 5) is 7.32. The van der Waals surface area contributed by atoms with E-state index in [9.17, 15) is 0 Å². The fourth-order valence-electron chi connectivity index (χ4n) is 18.1. The molecular formula is C100H63ClN2O2S2. The first kappa shape index (κ1) is 62.0. The number of halogens is 1. The van der Waals surface area contributed by atoms with Gasteiger partial charge in [0, 0.05) is 107 Å². The molecule has 0 N–H and O–H groups in total. The van der Waals surface area contributed by atoms with Gasteiger partial charge in [-0.05, 0) is 199 Å². The lowest BCUT2D eigenvalue weighted by atomic mass is 9.67. The van der Waals surface area contributed by atoms with Gasteiger partial charge >= 0.3 is 0 Å². The van der Waals surface area contributed by atoms with Crippen LogP contribution in [0.4, 0.5) is 34.1 Å². The van der Waals surface area contributed by atoms with Gasteiger partial charge in [-0.1, -0.05) is 268 Å². The average Bonchev–Trinajstić information content (AvgIpc) is 1.64. The molecule has 1 atom stereocenters. The van der Waals surface area contributed by atoms with E-state index in [0.717, 1.165) is 117 Å². The van der Waals surface area contributed by atoms with Gasteiger partial charge in [0.15, 0.2) is 0 Å². The second-order valence-corrected chi connectivity index (χ2v) is 31.7. The number of furan rings is 2. The number of benzene rings is 16. The normalized spacial score (nSPS) is 14.4. The summed E-state index contributed by atoms with van der Waals surface area (Å²) in [6.07, 6.45) is 0. The van der Waals surface area contributed by atoms with Gasteiger partial charge in [0.25, 0.3) is 0 Å². The van der Waals surface area contributed by atoms with Crippen LogP contribution in [-0.4, -0.2) is 0 Å². The lowest BCUT2D eigenvalue weighted by molar-refractivity contribution is 0.660. The lowest BCUT2D eigenvalue weighted by Gasteiger charge is -2.40. The maximum atomic E-state index is 7.28. The highest BCUT2D eigenvalue weighted by Crippen LogP contribution is 2.64. The first-order valence-electron chi connectivity index (χ1n) is 36.5. The van der Waals surface area contributed by atoms with Gasteiger partial charge < -0.3 is 18.6 Å². The quantitative estimate of drug-likeness (QED) is 0.136. The van der Waals surface area contributed by atoms with Crippen LogP contribution in [0.25, 0.3) is 131 Å². The minimum absolute atomic E-state index is 0.195. The number of anilines is 6. The molecule has 3 aromatic heterocycles. The third kappa shape index (κ3) is 9.42. The van der Waals surface area contributed by atoms with E-state index in [1.54, 1.807) is 0 Å². The monoisotopic (exact) mass is 1420 g/mol. The van der Waals surface area contributed by atoms with E-state index in [0.29, 0.717) is 5.02 Å². The number of nitrogens with zero attached hydrogens (tertiary/aromatic N) is 2. The number of fused-ring (bicyclic) bond motifs is 21. The first-order valence-corrected chi connectivity index (χ1v) is 38.5. The van der Waals surface area contributed by atoms with E-state index < -0.39 is 5.41 Å². The summed E-state index contributed by atoms with van der Waals surface area (Å²) in [6, 6.07) is 127. The molecule has 0 radical (unpaired) electrons. The third-order valence-corrected chi connectivity index (χ3v) is 25.5. The molecule has 16 aromatic carbocycles. The minimum atomic E-state index is -0.726. The predicted octanol–water partition coefficient (Wildman–Crippen LogP) is 29.2. The molecule has 4 nitrogen and oxygen atoms in total. The Balaban J connectivity index is 0.704. The smallest absolute Gasteiger partial charge is 0.143 e. The van der Waals surface area contributed by atoms with Crippen LogP contribution in [0.1, 0.15) is 47.2 Å². The second kappa shape index (κ2) is 23.8. The van der Waals surface area contributed by atoms with Crippen molar-refractivity contribution < 1.29 is 8.83 Å². The van der Waals surface area contributed by atoms with Crippen molar-refractivity contribution in [3.05, 3.63) is 384 Å². The van der Waals surface area contributed by atoms with E-state index >= 15 is 0 Å². The first-order chi connectivity index (χ1) is 52.7. The van der Waals surface area contributed by atoms with Crippen molar-refractivity contribution in [1.82, 2.24) is 0 Å². The van der Waals surface area contributed by atoms with E-state index in [-0.39, 0.29) is 5.41 Å². The standard InChI is InChI=1S/C100H63ClN2O2S2/c1-99(2)84-34-14-9-27-72(84)74-47-45-69(57-88(74)99)103(90-58-82-77-31-13-18-38-93(77)106-95(82)59-79(90)61-21-5-3-6-22-61)66-43-39-60(40-44-66)63-41-48-87-96(52-63)107-94-50-42-65(101)53-89(94)100(87)85-35-15-10-28-73(85)81-54-68(46-49-86(81)100)102(67-26-19-25-64(51-67)71-32-20-33-78-75-29-11-16-36-91(75)104-97(71)78)70-55-80(62-23-7-4-8-24-62)98-83(56-70)76-30-12-17-37-92(76)105-98/h3-59H,1-2H3. The van der Waals surface area contributed by atoms with Crippen LogP contribution in [-0.2, 0) is 10.8 Å². The van der Waals surface area contributed by atoms with E-state index in [1.807, 2.05) is 29.2 Å². The van der Waals surface area contributed by atoms with Gasteiger partial charge in [-0.3, -0.25) is 0 Å². The van der Waals surface area contributed by atoms with Crippen molar-refractivity contribution in [1.29, 1.82) is 0 Å². The fraction of sp³-hybridized carbons (Fsp3) is 0.0400. The molecule has 3 aliphatic rings. The van der Waals surface area contributed by atoms with Crippen LogP contribution in [0.5, 0.6) is 0 Å². The summed E-state index contributed by atoms with van der Waals surface area (Å²) in [7, 11) is 0. The molecule has 1 unspecified atom stereocenters. The van der Waals surface area contributed by atoms with Crippen molar-refractivity contribution >= 4 is 133 Å². The van der Waals surface area contributed by atoms with E-state index in [4.69, 9.17) is 20.4 Å². The molecule has 4 heterocycles. The Kier molecular flexibility index (Phi) is 13.8. The summed E-state index contributed by atoms with van der Waals surface area (Å²) in [5.41, 5.74) is 30.1. The molecular weight excluding hydrogens is 1360 g/mol. The summed E-state index contributed by atoms with van der Waals surface area (Å²) in [5, 5.41) is 7.52. The summed E-state index contributed by atoms with van der Waals surface area (Å²) < 4.78 is 16.1. The van der Waals surface area contributed by atoms with Gasteiger partial charge in [0.1, 0.15) is 22.3 Å². The molecule has 1 spiro atoms. The van der Waals surface area contributed by atoms with Crippen molar-refractivity contribution in [2.24, 2.45) is 0 Å². The Morgan fingerprint density at radius 3 is 1.64 bits per heavy atom. The Bertz CT molecular complexity index is 6930. The van der Waals surface area contributed by atoms with Gasteiger partial charge in [-0.2, -0.15) is 0 Å². The molecule has 19 aromatic rings. The molecule has 107 heavy (non-hydrogen) atoms. The summed E-state index contributed by atoms with van der Waals surface area (Å²) >= 11 is 11.0. The highest BCUT2D eigenvalue weighted by Gasteiger charge is 2.51. The van der Waals surface area contributed by atoms with E-state index in [1.165, 1.54) is 91.2 Å². The number of rotatable bonds is 10. The zero-order valence-electron chi connectivity index (χ0n) is 58.3. The van der Waals surface area contributed by atoms with Crippen LogP contribution in [0, 0.1) is 0 Å². The molecule has 1 aliphatic heterocycles. The largest absolute Gasteiger partial charge is 0.455 e. The second-order valence-electron chi connectivity index (χ2n) is 29.1. The van der Waals surface area contributed by atoms with Crippen molar-refractivity contribution in [3.8, 4) is 66.8 Å². The topological polar surface area (TPSA) is 32.8 Å². The molecule has 0 saturated heterocycles. The predicted molar refractivity (Wildman–Crippen MR) is 449 cm³/mol. The lowest BCUT2D eigenvalue weighted by Crippen LogP contribution is -2.32. The maximum absolute atomic E-state index is 7.28. The zero-order chi connectivity index (χ0) is 70.8. The average molecular weight is 1420 g/mol. The zero-order valence-corrected chi connectivity index (χ0v) is 60.7. The molecule has 22 rings (SSSR count). The van der Waals surface area contributed by atoms with Gasteiger partial charge in [0.05, 0.1) is 11.1 Å². The Labute approximate surface area is 632 Å². The summed E-state index contributed by atoms with van der Waals surface area (Å²) in [5.74, 6) is 0. The van der Waals surface area contributed by atoms with Crippen molar-refractivity contribution in [2.45, 2.75) is 34.5 Å². The minimum Gasteiger partial charge on any atom is -0.455 e. The van der Waals surface area contributed by atoms with Gasteiger partial charge in [-0.25, -0.2) is 0 Å². The molecule has 0 amide bonds. The molecule has 504 valence electrons. The SMILES string of the molecule is CC1(C)c2ccccc2-c2ccc(N(c3ccc(-c4ccc5c(c4)Sc4ccc(Cl)cc4C54c5ccccc5-c5cc(N(c6cccc(-c7cccc8c7oc7ccccc78)c6)c6cc(-c7ccccc7)c7oc8ccccc8c7c6)ccc54)cc3)c3cc4c(cc3-c3ccccc3)sc3ccccc34)cc21. The van der Waals surface area contributed by atoms with Gasteiger partial charge in [-0.15, -0.1) is 11.3 Å². The summed E-state index contributed by atoms with van der Waals surface area (Å²) in [6.45, 7) is 4.75. The van der Waals surface area contributed by atoms with Crippen LogP contribution in [0.15, 0.2) is 364 Å². The highest BCUT2D eigenvalue weighted by molar-refractivity contribution is 7.99. The fourth-order valence-corrected chi connectivity index (χ4v) is 20.6. The van der Waals surface area contributed by atoms with Crippen LogP contribution < -0.4 is 9.80 Å². The molecule has 0 fully saturated rings. The number of hydrogen-bond donors (Lipinski definition) is 0. The molecule has 2 aliphatic carbocycles. The molecule has 0 bridgehead atoms. The third-order valence-electron chi connectivity index (χ3n) is 23.0. The highest BCUT2D eigenvalue weighted by atomic mass is 35.5. The Hall–Kier alpha value is -12.4. The van der Waals surface area contributed by atoms with E-state index in [2.05, 4.69) is 363 Å². The maximum Gasteiger partial charge on any atom is 0.143 e. The van der Waals surface area contributed by atoms with Crippen molar-refractivity contribution in [2.75, 3.05) is 9.80 Å². The van der Waals surface area contributed by atoms with Crippen LogP contribution in [0.3, 0.4) is 0 Å². The number of thiophene rings is 1. The van der Waals surface area contributed by atoms with Gasteiger partial charge in [0.2, 0.25) is 0 Å². The van der Waals surface area contributed by atoms with Crippen LogP contribution >= 0.6 is 34.7 Å². The van der Waals surface area contributed by atoms with Crippen LogP contribution in [0.2, 0.25) is 5.02 Å². The molecule has 7 heteroatoms. The molecule has 0 saturated carbocycles. The number of para-hydroxylation sites is 3.